The van der Waals surface area contributed by atoms with Crippen LogP contribution in [0.15, 0.2) is 42.7 Å². The molecule has 0 aliphatic carbocycles. The molecule has 112 valence electrons. The zero-order chi connectivity index (χ0) is 15.9. The molecule has 0 fully saturated rings. The highest BCUT2D eigenvalue weighted by atomic mass is 35.5. The first-order valence-electron chi connectivity index (χ1n) is 6.43. The van der Waals surface area contributed by atoms with Crippen LogP contribution in [0.25, 0.3) is 16.9 Å². The van der Waals surface area contributed by atoms with Crippen molar-refractivity contribution in [3.63, 3.8) is 0 Å². The summed E-state index contributed by atoms with van der Waals surface area (Å²) in [5, 5.41) is 0.533. The number of aryl methyl sites for hydroxylation is 1. The Morgan fingerprint density at radius 3 is 2.27 bits per heavy atom. The monoisotopic (exact) mass is 322 g/mol. The number of rotatable bonds is 2. The molecule has 1 heterocycles. The molecule has 0 spiro atoms. The van der Waals surface area contributed by atoms with Crippen LogP contribution in [0.3, 0.4) is 0 Å². The Labute approximate surface area is 129 Å². The maximum Gasteiger partial charge on any atom is 0.171 e. The third kappa shape index (κ3) is 2.37. The third-order valence-corrected chi connectivity index (χ3v) is 3.59. The van der Waals surface area contributed by atoms with Crippen LogP contribution in [0.1, 0.15) is 5.69 Å². The second kappa shape index (κ2) is 5.50. The Hall–Kier alpha value is -2.27. The summed E-state index contributed by atoms with van der Waals surface area (Å²) in [4.78, 5) is 4.08. The minimum atomic E-state index is -1.24. The first-order valence-corrected chi connectivity index (χ1v) is 6.80. The lowest BCUT2D eigenvalue weighted by molar-refractivity contribution is 0.498. The molecule has 22 heavy (non-hydrogen) atoms. The molecule has 2 nitrogen and oxygen atoms in total. The summed E-state index contributed by atoms with van der Waals surface area (Å²) in [5.74, 6) is -3.20. The minimum absolute atomic E-state index is 0.164. The summed E-state index contributed by atoms with van der Waals surface area (Å²) in [6.07, 6.45) is 1.43. The Kier molecular flexibility index (Phi) is 3.66. The molecule has 0 saturated carbocycles. The van der Waals surface area contributed by atoms with Gasteiger partial charge >= 0.3 is 0 Å². The van der Waals surface area contributed by atoms with Crippen LogP contribution in [0.5, 0.6) is 0 Å². The van der Waals surface area contributed by atoms with Gasteiger partial charge < -0.3 is 0 Å². The number of aromatic nitrogens is 2. The van der Waals surface area contributed by atoms with Crippen molar-refractivity contribution >= 4 is 11.6 Å². The van der Waals surface area contributed by atoms with Gasteiger partial charge in [-0.25, -0.2) is 18.2 Å². The third-order valence-electron chi connectivity index (χ3n) is 3.34. The van der Waals surface area contributed by atoms with E-state index in [4.69, 9.17) is 11.6 Å². The topological polar surface area (TPSA) is 17.8 Å². The second-order valence-electron chi connectivity index (χ2n) is 4.74. The van der Waals surface area contributed by atoms with Crippen molar-refractivity contribution in [1.82, 2.24) is 9.55 Å². The Bertz CT molecular complexity index is 841. The van der Waals surface area contributed by atoms with Gasteiger partial charge in [0.15, 0.2) is 11.6 Å². The van der Waals surface area contributed by atoms with E-state index in [-0.39, 0.29) is 5.69 Å². The quantitative estimate of drug-likeness (QED) is 0.612. The highest BCUT2D eigenvalue weighted by molar-refractivity contribution is 6.30. The minimum Gasteiger partial charge on any atom is -0.298 e. The van der Waals surface area contributed by atoms with Gasteiger partial charge in [-0.15, -0.1) is 0 Å². The van der Waals surface area contributed by atoms with Crippen LogP contribution >= 0.6 is 11.6 Å². The van der Waals surface area contributed by atoms with Crippen molar-refractivity contribution in [2.75, 3.05) is 0 Å². The van der Waals surface area contributed by atoms with Crippen LogP contribution in [-0.2, 0) is 0 Å². The molecule has 2 aromatic carbocycles. The normalized spacial score (nSPS) is 11.0. The highest BCUT2D eigenvalue weighted by Gasteiger charge is 2.22. The molecular weight excluding hydrogens is 313 g/mol. The van der Waals surface area contributed by atoms with Gasteiger partial charge in [0.2, 0.25) is 0 Å². The van der Waals surface area contributed by atoms with Crippen molar-refractivity contribution < 1.29 is 13.2 Å². The highest BCUT2D eigenvalue weighted by Crippen LogP contribution is 2.32. The molecule has 0 saturated heterocycles. The summed E-state index contributed by atoms with van der Waals surface area (Å²) >= 11 is 5.84. The molecule has 0 amide bonds. The predicted molar refractivity (Wildman–Crippen MR) is 78.6 cm³/mol. The summed E-state index contributed by atoms with van der Waals surface area (Å²) in [6, 6.07) is 8.31. The standard InChI is InChI=1S/C16H10ClF3N2/c1-9-16(14-12(18)6-7-13(19)15(14)20)22(8-21-9)11-4-2-10(17)3-5-11/h2-8H,1H3. The smallest absolute Gasteiger partial charge is 0.171 e. The average molecular weight is 323 g/mol. The molecule has 3 aromatic rings. The lowest BCUT2D eigenvalue weighted by Crippen LogP contribution is -2.02. The molecule has 6 heteroatoms. The van der Waals surface area contributed by atoms with Gasteiger partial charge in [0.05, 0.1) is 23.3 Å². The summed E-state index contributed by atoms with van der Waals surface area (Å²) < 4.78 is 43.1. The molecule has 0 aliphatic heterocycles. The van der Waals surface area contributed by atoms with Gasteiger partial charge in [0.1, 0.15) is 5.82 Å². The van der Waals surface area contributed by atoms with E-state index in [9.17, 15) is 13.2 Å². The molecule has 0 radical (unpaired) electrons. The van der Waals surface area contributed by atoms with Crippen molar-refractivity contribution in [3.05, 3.63) is 70.9 Å². The Morgan fingerprint density at radius 2 is 1.59 bits per heavy atom. The number of imidazole rings is 1. The average Bonchev–Trinajstić information content (AvgIpc) is 2.86. The van der Waals surface area contributed by atoms with E-state index in [0.29, 0.717) is 16.4 Å². The lowest BCUT2D eigenvalue weighted by Gasteiger charge is -2.11. The van der Waals surface area contributed by atoms with Crippen molar-refractivity contribution in [1.29, 1.82) is 0 Å². The number of benzene rings is 2. The molecule has 1 aromatic heterocycles. The molecule has 0 bridgehead atoms. The van der Waals surface area contributed by atoms with Crippen LogP contribution < -0.4 is 0 Å². The number of nitrogens with zero attached hydrogens (tertiary/aromatic N) is 2. The van der Waals surface area contributed by atoms with Crippen LogP contribution in [0.4, 0.5) is 13.2 Å². The van der Waals surface area contributed by atoms with Gasteiger partial charge in [-0.1, -0.05) is 11.6 Å². The van der Waals surface area contributed by atoms with Crippen LogP contribution in [-0.4, -0.2) is 9.55 Å². The van der Waals surface area contributed by atoms with E-state index in [1.54, 1.807) is 31.2 Å². The Morgan fingerprint density at radius 1 is 0.955 bits per heavy atom. The zero-order valence-electron chi connectivity index (χ0n) is 11.4. The lowest BCUT2D eigenvalue weighted by atomic mass is 10.1. The summed E-state index contributed by atoms with van der Waals surface area (Å²) in [7, 11) is 0. The SMILES string of the molecule is Cc1ncn(-c2ccc(Cl)cc2)c1-c1c(F)ccc(F)c1F. The van der Waals surface area contributed by atoms with Gasteiger partial charge in [-0.2, -0.15) is 0 Å². The van der Waals surface area contributed by atoms with Gasteiger partial charge in [-0.05, 0) is 43.3 Å². The fraction of sp³-hybridized carbons (Fsp3) is 0.0625. The van der Waals surface area contributed by atoms with Crippen molar-refractivity contribution in [3.8, 4) is 16.9 Å². The molecule has 0 atom stereocenters. The molecular formula is C16H10ClF3N2. The molecule has 0 aliphatic rings. The van der Waals surface area contributed by atoms with E-state index in [0.717, 1.165) is 12.1 Å². The fourth-order valence-corrected chi connectivity index (χ4v) is 2.41. The number of halogens is 4. The van der Waals surface area contributed by atoms with Crippen molar-refractivity contribution in [2.45, 2.75) is 6.92 Å². The summed E-state index contributed by atoms with van der Waals surface area (Å²) in [5.41, 5.74) is 0.725. The van der Waals surface area contributed by atoms with E-state index in [1.807, 2.05) is 0 Å². The Balaban J connectivity index is 2.27. The van der Waals surface area contributed by atoms with E-state index >= 15 is 0 Å². The van der Waals surface area contributed by atoms with E-state index < -0.39 is 23.0 Å². The maximum atomic E-state index is 14.1. The first-order chi connectivity index (χ1) is 10.5. The van der Waals surface area contributed by atoms with Crippen molar-refractivity contribution in [2.24, 2.45) is 0 Å². The van der Waals surface area contributed by atoms with E-state index in [2.05, 4.69) is 4.98 Å². The predicted octanol–water partition coefficient (Wildman–Crippen LogP) is 4.92. The van der Waals surface area contributed by atoms with Crippen LogP contribution in [0, 0.1) is 24.4 Å². The first kappa shape index (κ1) is 14.7. The maximum absolute atomic E-state index is 14.1. The summed E-state index contributed by atoms with van der Waals surface area (Å²) in [6.45, 7) is 1.60. The fourth-order valence-electron chi connectivity index (χ4n) is 2.28. The number of hydrogen-bond donors (Lipinski definition) is 0. The number of hydrogen-bond acceptors (Lipinski definition) is 1. The van der Waals surface area contributed by atoms with Gasteiger partial charge in [0, 0.05) is 10.7 Å². The largest absolute Gasteiger partial charge is 0.298 e. The molecule has 0 N–H and O–H groups in total. The van der Waals surface area contributed by atoms with Crippen LogP contribution in [0.2, 0.25) is 5.02 Å². The van der Waals surface area contributed by atoms with Gasteiger partial charge in [0.25, 0.3) is 0 Å². The van der Waals surface area contributed by atoms with E-state index in [1.165, 1.54) is 10.9 Å². The molecule has 0 unspecified atom stereocenters. The second-order valence-corrected chi connectivity index (χ2v) is 5.18. The van der Waals surface area contributed by atoms with Gasteiger partial charge in [-0.3, -0.25) is 4.57 Å². The zero-order valence-corrected chi connectivity index (χ0v) is 12.2. The molecule has 3 rings (SSSR count).